The van der Waals surface area contributed by atoms with Gasteiger partial charge in [0.05, 0.1) is 20.0 Å². The Balaban J connectivity index is 2.60. The molecule has 1 aromatic carbocycles. The molecule has 0 aliphatic rings. The largest absolute Gasteiger partial charge is 0.469 e. The average Bonchev–Trinajstić information content (AvgIpc) is 2.52. The van der Waals surface area contributed by atoms with Crippen LogP contribution in [-0.2, 0) is 25.5 Å². The van der Waals surface area contributed by atoms with Gasteiger partial charge in [0, 0.05) is 26.8 Å². The van der Waals surface area contributed by atoms with Gasteiger partial charge in [0.1, 0.15) is 5.82 Å². The molecular formula is C16H22FNO4. The second-order valence-electron chi connectivity index (χ2n) is 4.86. The quantitative estimate of drug-likeness (QED) is 0.515. The number of ether oxygens (including phenoxy) is 2. The first-order valence-corrected chi connectivity index (χ1v) is 7.14. The van der Waals surface area contributed by atoms with E-state index >= 15 is 0 Å². The minimum absolute atomic E-state index is 0.105. The number of carbonyl (C=O) groups is 2. The van der Waals surface area contributed by atoms with E-state index in [0.717, 1.165) is 5.56 Å². The topological polar surface area (TPSA) is 55.8 Å². The molecule has 0 saturated heterocycles. The molecule has 5 nitrogen and oxygen atoms in total. The molecule has 0 aromatic heterocycles. The maximum atomic E-state index is 12.9. The van der Waals surface area contributed by atoms with Gasteiger partial charge < -0.3 is 14.4 Å². The van der Waals surface area contributed by atoms with Gasteiger partial charge in [-0.05, 0) is 24.1 Å². The summed E-state index contributed by atoms with van der Waals surface area (Å²) < 4.78 is 22.4. The van der Waals surface area contributed by atoms with Crippen molar-refractivity contribution >= 4 is 11.9 Å². The van der Waals surface area contributed by atoms with E-state index in [-0.39, 0.29) is 30.5 Å². The second kappa shape index (κ2) is 9.89. The number of halogens is 1. The third-order valence-electron chi connectivity index (χ3n) is 3.21. The molecule has 0 fully saturated rings. The number of rotatable bonds is 9. The van der Waals surface area contributed by atoms with E-state index in [1.54, 1.807) is 24.1 Å². The van der Waals surface area contributed by atoms with Crippen LogP contribution in [0.15, 0.2) is 24.3 Å². The monoisotopic (exact) mass is 311 g/mol. The molecule has 0 saturated carbocycles. The van der Waals surface area contributed by atoms with Crippen LogP contribution in [0.25, 0.3) is 0 Å². The second-order valence-corrected chi connectivity index (χ2v) is 4.86. The minimum Gasteiger partial charge on any atom is -0.469 e. The Morgan fingerprint density at radius 3 is 2.41 bits per heavy atom. The van der Waals surface area contributed by atoms with Crippen molar-refractivity contribution in [3.05, 3.63) is 35.6 Å². The summed E-state index contributed by atoms with van der Waals surface area (Å²) in [5.74, 6) is -0.795. The SMILES string of the molecule is COCCCN(CCC(=O)OC)C(=O)Cc1ccc(F)cc1. The standard InChI is InChI=1S/C16H22FNO4/c1-21-11-3-9-18(10-8-16(20)22-2)15(19)12-13-4-6-14(17)7-5-13/h4-7H,3,8-12H2,1-2H3. The van der Waals surface area contributed by atoms with Crippen LogP contribution in [0.5, 0.6) is 0 Å². The number of benzene rings is 1. The third kappa shape index (κ3) is 6.67. The normalized spacial score (nSPS) is 10.3. The highest BCUT2D eigenvalue weighted by atomic mass is 19.1. The molecule has 0 unspecified atom stereocenters. The van der Waals surface area contributed by atoms with E-state index in [0.29, 0.717) is 26.1 Å². The van der Waals surface area contributed by atoms with Crippen molar-refractivity contribution in [2.24, 2.45) is 0 Å². The highest BCUT2D eigenvalue weighted by Crippen LogP contribution is 2.07. The number of hydrogen-bond donors (Lipinski definition) is 0. The Hall–Kier alpha value is -1.95. The fourth-order valence-electron chi connectivity index (χ4n) is 1.98. The van der Waals surface area contributed by atoms with Gasteiger partial charge in [0.2, 0.25) is 5.91 Å². The van der Waals surface area contributed by atoms with E-state index in [4.69, 9.17) is 4.74 Å². The van der Waals surface area contributed by atoms with Crippen molar-refractivity contribution in [2.75, 3.05) is 33.9 Å². The number of carbonyl (C=O) groups excluding carboxylic acids is 2. The number of hydrogen-bond acceptors (Lipinski definition) is 4. The molecule has 0 N–H and O–H groups in total. The fourth-order valence-corrected chi connectivity index (χ4v) is 1.98. The number of methoxy groups -OCH3 is 2. The molecular weight excluding hydrogens is 289 g/mol. The number of esters is 1. The molecule has 0 spiro atoms. The van der Waals surface area contributed by atoms with Crippen molar-refractivity contribution in [1.82, 2.24) is 4.90 Å². The molecule has 0 radical (unpaired) electrons. The van der Waals surface area contributed by atoms with Gasteiger partial charge in [-0.25, -0.2) is 4.39 Å². The first-order chi connectivity index (χ1) is 10.6. The fraction of sp³-hybridized carbons (Fsp3) is 0.500. The predicted molar refractivity (Wildman–Crippen MR) is 79.8 cm³/mol. The maximum Gasteiger partial charge on any atom is 0.307 e. The lowest BCUT2D eigenvalue weighted by Gasteiger charge is -2.22. The van der Waals surface area contributed by atoms with Crippen LogP contribution in [0.1, 0.15) is 18.4 Å². The summed E-state index contributed by atoms with van der Waals surface area (Å²) in [4.78, 5) is 25.2. The zero-order valence-corrected chi connectivity index (χ0v) is 13.0. The van der Waals surface area contributed by atoms with Crippen LogP contribution in [0, 0.1) is 5.82 Å². The summed E-state index contributed by atoms with van der Waals surface area (Å²) >= 11 is 0. The molecule has 0 aliphatic carbocycles. The first-order valence-electron chi connectivity index (χ1n) is 7.14. The van der Waals surface area contributed by atoms with Crippen molar-refractivity contribution in [2.45, 2.75) is 19.3 Å². The summed E-state index contributed by atoms with van der Waals surface area (Å²) in [6.07, 6.45) is 1.01. The van der Waals surface area contributed by atoms with Crippen LogP contribution in [-0.4, -0.2) is 50.7 Å². The van der Waals surface area contributed by atoms with Crippen LogP contribution >= 0.6 is 0 Å². The van der Waals surface area contributed by atoms with Crippen molar-refractivity contribution in [3.63, 3.8) is 0 Å². The highest BCUT2D eigenvalue weighted by Gasteiger charge is 2.15. The summed E-state index contributed by atoms with van der Waals surface area (Å²) in [5.41, 5.74) is 0.737. The minimum atomic E-state index is -0.355. The molecule has 1 rings (SSSR count). The molecule has 1 aromatic rings. The van der Waals surface area contributed by atoms with Crippen molar-refractivity contribution in [1.29, 1.82) is 0 Å². The van der Waals surface area contributed by atoms with E-state index < -0.39 is 0 Å². The maximum absolute atomic E-state index is 12.9. The summed E-state index contributed by atoms with van der Waals surface area (Å²) in [5, 5.41) is 0. The molecule has 0 atom stereocenters. The van der Waals surface area contributed by atoms with Gasteiger partial charge in [-0.1, -0.05) is 12.1 Å². The molecule has 1 amide bonds. The molecule has 0 aliphatic heterocycles. The Morgan fingerprint density at radius 1 is 1.14 bits per heavy atom. The molecule has 22 heavy (non-hydrogen) atoms. The van der Waals surface area contributed by atoms with Crippen LogP contribution < -0.4 is 0 Å². The molecule has 0 heterocycles. The van der Waals surface area contributed by atoms with Gasteiger partial charge >= 0.3 is 5.97 Å². The highest BCUT2D eigenvalue weighted by molar-refractivity contribution is 5.79. The van der Waals surface area contributed by atoms with Crippen molar-refractivity contribution < 1.29 is 23.5 Å². The van der Waals surface area contributed by atoms with Crippen molar-refractivity contribution in [3.8, 4) is 0 Å². The number of amides is 1. The van der Waals surface area contributed by atoms with Gasteiger partial charge in [-0.2, -0.15) is 0 Å². The van der Waals surface area contributed by atoms with E-state index in [1.165, 1.54) is 19.2 Å². The first kappa shape index (κ1) is 18.1. The Bertz CT molecular complexity index is 476. The van der Waals surface area contributed by atoms with E-state index in [2.05, 4.69) is 4.74 Å². The summed E-state index contributed by atoms with van der Waals surface area (Å²) in [7, 11) is 2.91. The molecule has 0 bridgehead atoms. The average molecular weight is 311 g/mol. The summed E-state index contributed by atoms with van der Waals surface area (Å²) in [6.45, 7) is 1.35. The number of nitrogens with zero attached hydrogens (tertiary/aromatic N) is 1. The van der Waals surface area contributed by atoms with Crippen LogP contribution in [0.4, 0.5) is 4.39 Å². The van der Waals surface area contributed by atoms with Gasteiger partial charge in [-0.15, -0.1) is 0 Å². The van der Waals surface area contributed by atoms with Gasteiger partial charge in [-0.3, -0.25) is 9.59 Å². The predicted octanol–water partition coefficient (Wildman–Crippen LogP) is 1.80. The molecule has 122 valence electrons. The van der Waals surface area contributed by atoms with Gasteiger partial charge in [0.15, 0.2) is 0 Å². The van der Waals surface area contributed by atoms with Gasteiger partial charge in [0.25, 0.3) is 0 Å². The van der Waals surface area contributed by atoms with E-state index in [1.807, 2.05) is 0 Å². The lowest BCUT2D eigenvalue weighted by Crippen LogP contribution is -2.35. The van der Waals surface area contributed by atoms with Crippen LogP contribution in [0.2, 0.25) is 0 Å². The van der Waals surface area contributed by atoms with E-state index in [9.17, 15) is 14.0 Å². The Morgan fingerprint density at radius 2 is 1.82 bits per heavy atom. The third-order valence-corrected chi connectivity index (χ3v) is 3.21. The summed E-state index contributed by atoms with van der Waals surface area (Å²) in [6, 6.07) is 5.82. The molecule has 6 heteroatoms. The Labute approximate surface area is 130 Å². The zero-order chi connectivity index (χ0) is 16.4. The lowest BCUT2D eigenvalue weighted by molar-refractivity contribution is -0.141. The Kier molecular flexibility index (Phi) is 8.14. The lowest BCUT2D eigenvalue weighted by atomic mass is 10.1. The smallest absolute Gasteiger partial charge is 0.307 e. The van der Waals surface area contributed by atoms with Crippen LogP contribution in [0.3, 0.4) is 0 Å². The zero-order valence-electron chi connectivity index (χ0n) is 13.0.